The summed E-state index contributed by atoms with van der Waals surface area (Å²) in [6.45, 7) is 1.93. The Hall–Kier alpha value is -3.19. The predicted molar refractivity (Wildman–Crippen MR) is 99.4 cm³/mol. The maximum Gasteiger partial charge on any atom is 0.253 e. The lowest BCUT2D eigenvalue weighted by Gasteiger charge is -2.13. The van der Waals surface area contributed by atoms with Gasteiger partial charge in [-0.2, -0.15) is 5.10 Å². The molecule has 2 N–H and O–H groups in total. The lowest BCUT2D eigenvalue weighted by Crippen LogP contribution is -2.27. The third-order valence-electron chi connectivity index (χ3n) is 4.64. The Labute approximate surface area is 156 Å². The Morgan fingerprint density at radius 3 is 2.93 bits per heavy atom. The number of carbonyl (C=O) groups excluding carboxylic acids is 1. The zero-order valence-electron chi connectivity index (χ0n) is 14.8. The number of nitrogens with zero attached hydrogens (tertiary/aromatic N) is 2. The molecule has 0 aliphatic carbocycles. The van der Waals surface area contributed by atoms with Crippen LogP contribution in [0.2, 0.25) is 0 Å². The third-order valence-corrected chi connectivity index (χ3v) is 4.64. The number of nitrogens with one attached hydrogen (secondary N) is 2. The largest absolute Gasteiger partial charge is 0.376 e. The summed E-state index contributed by atoms with van der Waals surface area (Å²) < 4.78 is 7.00. The van der Waals surface area contributed by atoms with Gasteiger partial charge in [0.1, 0.15) is 0 Å². The van der Waals surface area contributed by atoms with E-state index < -0.39 is 0 Å². The van der Waals surface area contributed by atoms with Gasteiger partial charge in [-0.25, -0.2) is 0 Å². The average Bonchev–Trinajstić information content (AvgIpc) is 3.12. The molecule has 7 nitrogen and oxygen atoms in total. The first-order valence-electron chi connectivity index (χ1n) is 8.86. The van der Waals surface area contributed by atoms with Crippen LogP contribution in [0.1, 0.15) is 32.9 Å². The Morgan fingerprint density at radius 1 is 1.22 bits per heavy atom. The third kappa shape index (κ3) is 3.83. The molecule has 1 aliphatic heterocycles. The Kier molecular flexibility index (Phi) is 4.84. The molecule has 0 atom stereocenters. The monoisotopic (exact) mass is 364 g/mol. The summed E-state index contributed by atoms with van der Waals surface area (Å²) in [7, 11) is 0. The van der Waals surface area contributed by atoms with Gasteiger partial charge in [0.25, 0.3) is 11.5 Å². The minimum Gasteiger partial charge on any atom is -0.376 e. The van der Waals surface area contributed by atoms with Crippen molar-refractivity contribution in [3.05, 3.63) is 87.1 Å². The summed E-state index contributed by atoms with van der Waals surface area (Å²) in [4.78, 5) is 24.6. The van der Waals surface area contributed by atoms with Crippen LogP contribution in [0.25, 0.3) is 0 Å². The lowest BCUT2D eigenvalue weighted by atomic mass is 10.1. The average molecular weight is 364 g/mol. The van der Waals surface area contributed by atoms with Crippen molar-refractivity contribution in [1.29, 1.82) is 0 Å². The Balaban J connectivity index is 1.46. The van der Waals surface area contributed by atoms with Gasteiger partial charge in [-0.3, -0.25) is 14.7 Å². The van der Waals surface area contributed by atoms with Crippen molar-refractivity contribution in [2.45, 2.75) is 26.1 Å². The number of H-pyrrole nitrogens is 1. The van der Waals surface area contributed by atoms with Crippen molar-refractivity contribution >= 4 is 5.91 Å². The van der Waals surface area contributed by atoms with E-state index in [1.807, 2.05) is 30.3 Å². The highest BCUT2D eigenvalue weighted by Crippen LogP contribution is 2.17. The Bertz CT molecular complexity index is 1010. The number of rotatable bonds is 5. The molecule has 0 fully saturated rings. The molecular weight excluding hydrogens is 344 g/mol. The molecule has 0 radical (unpaired) electrons. The van der Waals surface area contributed by atoms with Gasteiger partial charge < -0.3 is 14.6 Å². The van der Waals surface area contributed by atoms with Crippen molar-refractivity contribution in [2.24, 2.45) is 0 Å². The van der Waals surface area contributed by atoms with Gasteiger partial charge in [0.05, 0.1) is 37.6 Å². The minimum absolute atomic E-state index is 0.145. The first-order chi connectivity index (χ1) is 13.2. The molecule has 3 aromatic rings. The summed E-state index contributed by atoms with van der Waals surface area (Å²) in [6.07, 6.45) is 2.40. The number of aromatic amines is 1. The maximum atomic E-state index is 12.5. The maximum absolute atomic E-state index is 12.5. The predicted octanol–water partition coefficient (Wildman–Crippen LogP) is 1.62. The van der Waals surface area contributed by atoms with Gasteiger partial charge in [-0.05, 0) is 11.6 Å². The van der Waals surface area contributed by atoms with E-state index in [9.17, 15) is 9.59 Å². The van der Waals surface area contributed by atoms with Crippen LogP contribution < -0.4 is 10.9 Å². The van der Waals surface area contributed by atoms with Gasteiger partial charge in [0, 0.05) is 29.9 Å². The highest BCUT2D eigenvalue weighted by atomic mass is 16.5. The highest BCUT2D eigenvalue weighted by molar-refractivity contribution is 5.93. The fourth-order valence-corrected chi connectivity index (χ4v) is 3.15. The topological polar surface area (TPSA) is 89.0 Å². The molecule has 0 bridgehead atoms. The first kappa shape index (κ1) is 17.2. The SMILES string of the molecule is O=C(NCc1n[nH]c2c1COCC2)c1ccc(=O)n(Cc2ccccc2)c1. The summed E-state index contributed by atoms with van der Waals surface area (Å²) in [5.41, 5.74) is 4.17. The summed E-state index contributed by atoms with van der Waals surface area (Å²) >= 11 is 0. The van der Waals surface area contributed by atoms with Crippen LogP contribution in [0.5, 0.6) is 0 Å². The normalized spacial score (nSPS) is 13.2. The number of aromatic nitrogens is 3. The van der Waals surface area contributed by atoms with E-state index in [1.54, 1.807) is 12.3 Å². The van der Waals surface area contributed by atoms with Crippen molar-refractivity contribution < 1.29 is 9.53 Å². The fraction of sp³-hybridized carbons (Fsp3) is 0.250. The minimum atomic E-state index is -0.245. The van der Waals surface area contributed by atoms with E-state index in [0.717, 1.165) is 28.9 Å². The van der Waals surface area contributed by atoms with Crippen LogP contribution in [-0.4, -0.2) is 27.3 Å². The molecule has 138 valence electrons. The van der Waals surface area contributed by atoms with Crippen molar-refractivity contribution in [2.75, 3.05) is 6.61 Å². The standard InChI is InChI=1S/C20H20N4O3/c25-19-7-6-15(12-24(19)11-14-4-2-1-3-5-14)20(26)21-10-18-16-13-27-9-8-17(16)22-23-18/h1-7,12H,8-11,13H2,(H,21,26)(H,22,23). The second kappa shape index (κ2) is 7.59. The number of hydrogen-bond acceptors (Lipinski definition) is 4. The van der Waals surface area contributed by atoms with E-state index in [-0.39, 0.29) is 11.5 Å². The second-order valence-electron chi connectivity index (χ2n) is 6.48. The molecule has 0 unspecified atom stereocenters. The number of ether oxygens (including phenoxy) is 1. The zero-order valence-corrected chi connectivity index (χ0v) is 14.8. The fourth-order valence-electron chi connectivity index (χ4n) is 3.15. The molecular formula is C20H20N4O3. The van der Waals surface area contributed by atoms with Crippen LogP contribution in [0.3, 0.4) is 0 Å². The van der Waals surface area contributed by atoms with Gasteiger partial charge >= 0.3 is 0 Å². The second-order valence-corrected chi connectivity index (χ2v) is 6.48. The van der Waals surface area contributed by atoms with Crippen molar-refractivity contribution in [3.8, 4) is 0 Å². The number of hydrogen-bond donors (Lipinski definition) is 2. The van der Waals surface area contributed by atoms with Crippen LogP contribution in [0.4, 0.5) is 0 Å². The first-order valence-corrected chi connectivity index (χ1v) is 8.86. The van der Waals surface area contributed by atoms with Gasteiger partial charge in [-0.15, -0.1) is 0 Å². The summed E-state index contributed by atoms with van der Waals surface area (Å²) in [6, 6.07) is 12.6. The molecule has 1 amide bonds. The van der Waals surface area contributed by atoms with Gasteiger partial charge in [0.15, 0.2) is 0 Å². The van der Waals surface area contributed by atoms with Crippen LogP contribution in [-0.2, 0) is 30.9 Å². The van der Waals surface area contributed by atoms with Crippen molar-refractivity contribution in [3.63, 3.8) is 0 Å². The molecule has 4 rings (SSSR count). The number of benzene rings is 1. The highest BCUT2D eigenvalue weighted by Gasteiger charge is 2.18. The van der Waals surface area contributed by atoms with E-state index >= 15 is 0 Å². The van der Waals surface area contributed by atoms with Gasteiger partial charge in [-0.1, -0.05) is 30.3 Å². The smallest absolute Gasteiger partial charge is 0.253 e. The number of amides is 1. The van der Waals surface area contributed by atoms with E-state index in [2.05, 4.69) is 15.5 Å². The van der Waals surface area contributed by atoms with E-state index in [1.165, 1.54) is 10.6 Å². The molecule has 3 heterocycles. The molecule has 0 spiro atoms. The quantitative estimate of drug-likeness (QED) is 0.720. The number of carbonyl (C=O) groups is 1. The molecule has 1 aromatic carbocycles. The number of pyridine rings is 1. The van der Waals surface area contributed by atoms with E-state index in [4.69, 9.17) is 4.74 Å². The number of fused-ring (bicyclic) bond motifs is 1. The molecule has 27 heavy (non-hydrogen) atoms. The molecule has 0 saturated carbocycles. The van der Waals surface area contributed by atoms with Crippen LogP contribution in [0.15, 0.2) is 53.5 Å². The van der Waals surface area contributed by atoms with Crippen LogP contribution in [0, 0.1) is 0 Å². The van der Waals surface area contributed by atoms with Crippen molar-refractivity contribution in [1.82, 2.24) is 20.1 Å². The van der Waals surface area contributed by atoms with Crippen LogP contribution >= 0.6 is 0 Å². The van der Waals surface area contributed by atoms with E-state index in [0.29, 0.717) is 31.9 Å². The molecule has 2 aromatic heterocycles. The lowest BCUT2D eigenvalue weighted by molar-refractivity contribution is 0.0946. The summed E-state index contributed by atoms with van der Waals surface area (Å²) in [5.74, 6) is -0.245. The molecule has 7 heteroatoms. The van der Waals surface area contributed by atoms with Gasteiger partial charge in [0.2, 0.25) is 0 Å². The molecule has 1 aliphatic rings. The Morgan fingerprint density at radius 2 is 2.07 bits per heavy atom. The summed E-state index contributed by atoms with van der Waals surface area (Å²) in [5, 5.41) is 10.2. The zero-order chi connectivity index (χ0) is 18.6. The molecule has 0 saturated heterocycles.